The minimum atomic E-state index is 0.0834. The van der Waals surface area contributed by atoms with Crippen molar-refractivity contribution in [3.63, 3.8) is 0 Å². The molecule has 19 heavy (non-hydrogen) atoms. The first kappa shape index (κ1) is 13.3. The maximum Gasteiger partial charge on any atom is 0.220 e. The molecule has 0 aliphatic rings. The van der Waals surface area contributed by atoms with Crippen molar-refractivity contribution in [2.24, 2.45) is 0 Å². The maximum atomic E-state index is 11.8. The Bertz CT molecular complexity index is 537. The molecule has 3 heteroatoms. The van der Waals surface area contributed by atoms with Crippen molar-refractivity contribution in [2.45, 2.75) is 26.3 Å². The Labute approximate surface area is 113 Å². The molecule has 0 fully saturated rings. The molecule has 0 saturated carbocycles. The van der Waals surface area contributed by atoms with Crippen molar-refractivity contribution in [1.29, 1.82) is 0 Å². The molecule has 1 aromatic carbocycles. The minimum Gasteiger partial charge on any atom is -0.352 e. The zero-order chi connectivity index (χ0) is 13.5. The fourth-order valence-electron chi connectivity index (χ4n) is 1.93. The summed E-state index contributed by atoms with van der Waals surface area (Å²) in [7, 11) is 0. The van der Waals surface area contributed by atoms with Gasteiger partial charge in [0.15, 0.2) is 0 Å². The lowest BCUT2D eigenvalue weighted by Gasteiger charge is -2.07. The summed E-state index contributed by atoms with van der Waals surface area (Å²) in [4.78, 5) is 15.7. The summed E-state index contributed by atoms with van der Waals surface area (Å²) in [6, 6.07) is 12.0. The lowest BCUT2D eigenvalue weighted by atomic mass is 10.0. The topological polar surface area (TPSA) is 42.0 Å². The van der Waals surface area contributed by atoms with E-state index in [0.29, 0.717) is 13.0 Å². The summed E-state index contributed by atoms with van der Waals surface area (Å²) in [6.45, 7) is 2.64. The van der Waals surface area contributed by atoms with Crippen LogP contribution in [0.15, 0.2) is 48.8 Å². The van der Waals surface area contributed by atoms with Crippen molar-refractivity contribution in [3.05, 3.63) is 65.5 Å². The average molecular weight is 254 g/mol. The van der Waals surface area contributed by atoms with Crippen LogP contribution in [0.25, 0.3) is 0 Å². The average Bonchev–Trinajstić information content (AvgIpc) is 2.45. The smallest absolute Gasteiger partial charge is 0.220 e. The van der Waals surface area contributed by atoms with Gasteiger partial charge in [-0.05, 0) is 42.2 Å². The third-order valence-electron chi connectivity index (χ3n) is 3.12. The highest BCUT2D eigenvalue weighted by Crippen LogP contribution is 2.09. The lowest BCUT2D eigenvalue weighted by Crippen LogP contribution is -2.23. The van der Waals surface area contributed by atoms with E-state index in [4.69, 9.17) is 0 Å². The summed E-state index contributed by atoms with van der Waals surface area (Å²) in [5.41, 5.74) is 3.55. The van der Waals surface area contributed by atoms with Crippen molar-refractivity contribution in [3.8, 4) is 0 Å². The molecule has 1 heterocycles. The first-order valence-corrected chi connectivity index (χ1v) is 6.46. The molecule has 3 nitrogen and oxygen atoms in total. The number of hydrogen-bond donors (Lipinski definition) is 1. The van der Waals surface area contributed by atoms with Crippen LogP contribution in [-0.2, 0) is 17.8 Å². The van der Waals surface area contributed by atoms with Crippen LogP contribution >= 0.6 is 0 Å². The highest BCUT2D eigenvalue weighted by atomic mass is 16.1. The van der Waals surface area contributed by atoms with Gasteiger partial charge in [0.05, 0.1) is 0 Å². The molecular formula is C16H18N2O. The van der Waals surface area contributed by atoms with E-state index in [2.05, 4.69) is 29.4 Å². The van der Waals surface area contributed by atoms with E-state index >= 15 is 0 Å². The third kappa shape index (κ3) is 4.21. The molecule has 0 unspecified atom stereocenters. The first-order chi connectivity index (χ1) is 9.25. The van der Waals surface area contributed by atoms with Crippen LogP contribution in [0.2, 0.25) is 0 Å². The van der Waals surface area contributed by atoms with Crippen LogP contribution in [0.3, 0.4) is 0 Å². The molecule has 2 rings (SSSR count). The third-order valence-corrected chi connectivity index (χ3v) is 3.12. The summed E-state index contributed by atoms with van der Waals surface area (Å²) >= 11 is 0. The Balaban J connectivity index is 1.78. The molecule has 0 aliphatic carbocycles. The summed E-state index contributed by atoms with van der Waals surface area (Å²) in [5, 5.41) is 2.92. The molecule has 1 aromatic heterocycles. The summed E-state index contributed by atoms with van der Waals surface area (Å²) in [5.74, 6) is 0.0834. The van der Waals surface area contributed by atoms with Crippen molar-refractivity contribution >= 4 is 5.91 Å². The van der Waals surface area contributed by atoms with Crippen LogP contribution in [0.5, 0.6) is 0 Å². The predicted molar refractivity (Wildman–Crippen MR) is 75.6 cm³/mol. The van der Waals surface area contributed by atoms with Crippen molar-refractivity contribution in [1.82, 2.24) is 10.3 Å². The Kier molecular flexibility index (Phi) is 4.67. The number of nitrogens with one attached hydrogen (secondary N) is 1. The molecular weight excluding hydrogens is 236 g/mol. The number of pyridine rings is 1. The predicted octanol–water partition coefficient (Wildman–Crippen LogP) is 2.64. The standard InChI is InChI=1S/C16H18N2O/c1-13-4-2-3-5-15(13)6-7-16(19)18-12-14-8-10-17-11-9-14/h2-5,8-11H,6-7,12H2,1H3,(H,18,19). The normalized spacial score (nSPS) is 10.2. The minimum absolute atomic E-state index is 0.0834. The molecule has 0 saturated heterocycles. The largest absolute Gasteiger partial charge is 0.352 e. The van der Waals surface area contributed by atoms with E-state index in [0.717, 1.165) is 12.0 Å². The van der Waals surface area contributed by atoms with Gasteiger partial charge >= 0.3 is 0 Å². The van der Waals surface area contributed by atoms with Gasteiger partial charge in [0.25, 0.3) is 0 Å². The monoisotopic (exact) mass is 254 g/mol. The Morgan fingerprint density at radius 2 is 1.89 bits per heavy atom. The maximum absolute atomic E-state index is 11.8. The molecule has 1 N–H and O–H groups in total. The molecule has 0 radical (unpaired) electrons. The zero-order valence-corrected chi connectivity index (χ0v) is 11.1. The van der Waals surface area contributed by atoms with E-state index in [1.165, 1.54) is 11.1 Å². The Morgan fingerprint density at radius 1 is 1.16 bits per heavy atom. The van der Waals surface area contributed by atoms with Gasteiger partial charge < -0.3 is 5.32 Å². The molecule has 98 valence electrons. The molecule has 0 bridgehead atoms. The number of aromatic nitrogens is 1. The van der Waals surface area contributed by atoms with Crippen LogP contribution < -0.4 is 5.32 Å². The van der Waals surface area contributed by atoms with Gasteiger partial charge in [-0.25, -0.2) is 0 Å². The van der Waals surface area contributed by atoms with Gasteiger partial charge in [0.1, 0.15) is 0 Å². The Morgan fingerprint density at radius 3 is 2.63 bits per heavy atom. The van der Waals surface area contributed by atoms with E-state index in [1.54, 1.807) is 12.4 Å². The van der Waals surface area contributed by atoms with Gasteiger partial charge in [0.2, 0.25) is 5.91 Å². The zero-order valence-electron chi connectivity index (χ0n) is 11.1. The van der Waals surface area contributed by atoms with E-state index < -0.39 is 0 Å². The quantitative estimate of drug-likeness (QED) is 0.891. The number of amides is 1. The van der Waals surface area contributed by atoms with Crippen LogP contribution in [-0.4, -0.2) is 10.9 Å². The van der Waals surface area contributed by atoms with Gasteiger partial charge in [-0.3, -0.25) is 9.78 Å². The number of rotatable bonds is 5. The molecule has 0 spiro atoms. The van der Waals surface area contributed by atoms with Crippen molar-refractivity contribution < 1.29 is 4.79 Å². The van der Waals surface area contributed by atoms with Crippen molar-refractivity contribution in [2.75, 3.05) is 0 Å². The van der Waals surface area contributed by atoms with Gasteiger partial charge in [-0.2, -0.15) is 0 Å². The second-order valence-corrected chi connectivity index (χ2v) is 4.56. The number of benzene rings is 1. The van der Waals surface area contributed by atoms with Gasteiger partial charge in [0, 0.05) is 25.4 Å². The molecule has 0 aliphatic heterocycles. The van der Waals surface area contributed by atoms with Crippen LogP contribution in [0.4, 0.5) is 0 Å². The number of aryl methyl sites for hydroxylation is 2. The van der Waals surface area contributed by atoms with Gasteiger partial charge in [-0.1, -0.05) is 24.3 Å². The van der Waals surface area contributed by atoms with E-state index in [-0.39, 0.29) is 5.91 Å². The fraction of sp³-hybridized carbons (Fsp3) is 0.250. The number of carbonyl (C=O) groups is 1. The second kappa shape index (κ2) is 6.69. The number of carbonyl (C=O) groups excluding carboxylic acids is 1. The SMILES string of the molecule is Cc1ccccc1CCC(=O)NCc1ccncc1. The second-order valence-electron chi connectivity index (χ2n) is 4.56. The van der Waals surface area contributed by atoms with Crippen LogP contribution in [0, 0.1) is 6.92 Å². The van der Waals surface area contributed by atoms with E-state index in [1.807, 2.05) is 24.3 Å². The highest BCUT2D eigenvalue weighted by molar-refractivity contribution is 5.76. The summed E-state index contributed by atoms with van der Waals surface area (Å²) < 4.78 is 0. The Hall–Kier alpha value is -2.16. The van der Waals surface area contributed by atoms with Gasteiger partial charge in [-0.15, -0.1) is 0 Å². The number of nitrogens with zero attached hydrogens (tertiary/aromatic N) is 1. The first-order valence-electron chi connectivity index (χ1n) is 6.46. The lowest BCUT2D eigenvalue weighted by molar-refractivity contribution is -0.121. The molecule has 0 atom stereocenters. The number of hydrogen-bond acceptors (Lipinski definition) is 2. The highest BCUT2D eigenvalue weighted by Gasteiger charge is 2.03. The molecule has 2 aromatic rings. The summed E-state index contributed by atoms with van der Waals surface area (Å²) in [6.07, 6.45) is 4.77. The molecule has 1 amide bonds. The fourth-order valence-corrected chi connectivity index (χ4v) is 1.93. The van der Waals surface area contributed by atoms with Crippen LogP contribution in [0.1, 0.15) is 23.1 Å². The van der Waals surface area contributed by atoms with E-state index in [9.17, 15) is 4.79 Å².